The molecule has 1 aromatic heterocycles. The van der Waals surface area contributed by atoms with Crippen LogP contribution in [0.4, 0.5) is 5.82 Å². The summed E-state index contributed by atoms with van der Waals surface area (Å²) in [6.07, 6.45) is 4.79. The van der Waals surface area contributed by atoms with Gasteiger partial charge >= 0.3 is 0 Å². The molecule has 1 aromatic carbocycles. The van der Waals surface area contributed by atoms with E-state index in [1.54, 1.807) is 6.20 Å². The fourth-order valence-electron chi connectivity index (χ4n) is 2.46. The van der Waals surface area contributed by atoms with E-state index in [0.717, 1.165) is 31.4 Å². The minimum atomic E-state index is 0.388. The Bertz CT molecular complexity index is 549. The summed E-state index contributed by atoms with van der Waals surface area (Å²) in [6.45, 7) is 5.33. The van der Waals surface area contributed by atoms with Crippen LogP contribution in [0.2, 0.25) is 0 Å². The number of anilines is 1. The van der Waals surface area contributed by atoms with Gasteiger partial charge in [-0.3, -0.25) is 0 Å². The number of hydrogen-bond donors (Lipinski definition) is 2. The van der Waals surface area contributed by atoms with Gasteiger partial charge in [0.15, 0.2) is 0 Å². The summed E-state index contributed by atoms with van der Waals surface area (Å²) in [6, 6.07) is 13.2. The zero-order valence-electron chi connectivity index (χ0n) is 13.0. The van der Waals surface area contributed by atoms with Gasteiger partial charge in [-0.2, -0.15) is 0 Å². The van der Waals surface area contributed by atoms with Gasteiger partial charge in [-0.1, -0.05) is 42.8 Å². The summed E-state index contributed by atoms with van der Waals surface area (Å²) >= 11 is 0. The van der Waals surface area contributed by atoms with Crippen LogP contribution in [0.25, 0.3) is 0 Å². The second-order valence-corrected chi connectivity index (χ2v) is 5.59. The van der Waals surface area contributed by atoms with E-state index in [-0.39, 0.29) is 0 Å². The van der Waals surface area contributed by atoms with E-state index < -0.39 is 0 Å². The number of aromatic nitrogens is 1. The van der Waals surface area contributed by atoms with Gasteiger partial charge in [0.1, 0.15) is 5.82 Å². The molecule has 0 bridgehead atoms. The van der Waals surface area contributed by atoms with Crippen molar-refractivity contribution >= 4 is 5.82 Å². The molecule has 1 atom stereocenters. The number of hydrogen-bond acceptors (Lipinski definition) is 3. The molecule has 3 nitrogen and oxygen atoms in total. The molecule has 3 N–H and O–H groups in total. The summed E-state index contributed by atoms with van der Waals surface area (Å²) in [5.74, 6) is 0.643. The van der Waals surface area contributed by atoms with Crippen molar-refractivity contribution in [1.82, 2.24) is 10.3 Å². The Balaban J connectivity index is 2.07. The smallest absolute Gasteiger partial charge is 0.126 e. The van der Waals surface area contributed by atoms with E-state index in [9.17, 15) is 0 Å². The molecular weight excluding hydrogens is 258 g/mol. The highest BCUT2D eigenvalue weighted by Gasteiger charge is 2.12. The lowest BCUT2D eigenvalue weighted by atomic mass is 9.98. The Morgan fingerprint density at radius 2 is 1.90 bits per heavy atom. The lowest BCUT2D eigenvalue weighted by molar-refractivity contribution is 0.505. The van der Waals surface area contributed by atoms with Crippen LogP contribution in [0.3, 0.4) is 0 Å². The first kappa shape index (κ1) is 15.5. The van der Waals surface area contributed by atoms with Crippen molar-refractivity contribution in [3.05, 3.63) is 59.3 Å². The Labute approximate surface area is 127 Å². The van der Waals surface area contributed by atoms with E-state index in [0.29, 0.717) is 11.9 Å². The third-order valence-corrected chi connectivity index (χ3v) is 3.68. The standard InChI is InChI=1S/C18H25N3/c1-3-10-20-17(12-15-8-6-14(2)7-9-15)13-16-5-4-11-21-18(16)19/h4-9,11,17,20H,3,10,12-13H2,1-2H3,(H2,19,21). The average Bonchev–Trinajstić information content (AvgIpc) is 2.49. The second-order valence-electron chi connectivity index (χ2n) is 5.59. The topological polar surface area (TPSA) is 50.9 Å². The van der Waals surface area contributed by atoms with Crippen LogP contribution in [0, 0.1) is 6.92 Å². The molecular formula is C18H25N3. The molecule has 0 aliphatic heterocycles. The quantitative estimate of drug-likeness (QED) is 0.821. The Morgan fingerprint density at radius 3 is 2.57 bits per heavy atom. The first-order valence-corrected chi connectivity index (χ1v) is 7.67. The molecule has 0 aliphatic rings. The van der Waals surface area contributed by atoms with Crippen molar-refractivity contribution in [1.29, 1.82) is 0 Å². The van der Waals surface area contributed by atoms with Gasteiger partial charge in [0.2, 0.25) is 0 Å². The van der Waals surface area contributed by atoms with Crippen molar-refractivity contribution in [2.24, 2.45) is 0 Å². The predicted molar refractivity (Wildman–Crippen MR) is 89.3 cm³/mol. The number of nitrogen functional groups attached to an aromatic ring is 1. The highest BCUT2D eigenvalue weighted by Crippen LogP contribution is 2.14. The lowest BCUT2D eigenvalue weighted by Crippen LogP contribution is -2.34. The van der Waals surface area contributed by atoms with Gasteiger partial charge in [-0.15, -0.1) is 0 Å². The monoisotopic (exact) mass is 283 g/mol. The number of nitrogens with zero attached hydrogens (tertiary/aromatic N) is 1. The van der Waals surface area contributed by atoms with E-state index in [2.05, 4.69) is 54.5 Å². The minimum Gasteiger partial charge on any atom is -0.383 e. The molecule has 21 heavy (non-hydrogen) atoms. The molecule has 3 heteroatoms. The van der Waals surface area contributed by atoms with Crippen molar-refractivity contribution in [2.45, 2.75) is 39.2 Å². The predicted octanol–water partition coefficient (Wildman–Crippen LogP) is 3.13. The molecule has 0 saturated carbocycles. The Morgan fingerprint density at radius 1 is 1.14 bits per heavy atom. The minimum absolute atomic E-state index is 0.388. The molecule has 0 saturated heterocycles. The van der Waals surface area contributed by atoms with Crippen molar-refractivity contribution < 1.29 is 0 Å². The number of aryl methyl sites for hydroxylation is 1. The Hall–Kier alpha value is -1.87. The number of pyridine rings is 1. The molecule has 1 unspecified atom stereocenters. The van der Waals surface area contributed by atoms with Gasteiger partial charge in [0.25, 0.3) is 0 Å². The molecule has 2 rings (SSSR count). The van der Waals surface area contributed by atoms with E-state index in [4.69, 9.17) is 5.73 Å². The maximum absolute atomic E-state index is 5.97. The number of rotatable bonds is 7. The number of nitrogens with two attached hydrogens (primary N) is 1. The number of nitrogens with one attached hydrogen (secondary N) is 1. The Kier molecular flexibility index (Phi) is 5.76. The van der Waals surface area contributed by atoms with Gasteiger partial charge < -0.3 is 11.1 Å². The zero-order valence-corrected chi connectivity index (χ0v) is 13.0. The first-order chi connectivity index (χ1) is 10.2. The fourth-order valence-corrected chi connectivity index (χ4v) is 2.46. The van der Waals surface area contributed by atoms with Crippen LogP contribution in [-0.4, -0.2) is 17.6 Å². The van der Waals surface area contributed by atoms with E-state index in [1.807, 2.05) is 6.07 Å². The van der Waals surface area contributed by atoms with Gasteiger partial charge in [0, 0.05) is 12.2 Å². The highest BCUT2D eigenvalue weighted by atomic mass is 14.9. The van der Waals surface area contributed by atoms with Crippen molar-refractivity contribution in [3.63, 3.8) is 0 Å². The largest absolute Gasteiger partial charge is 0.383 e. The SMILES string of the molecule is CCCNC(Cc1ccc(C)cc1)Cc1cccnc1N. The molecule has 1 heterocycles. The maximum atomic E-state index is 5.97. The summed E-state index contributed by atoms with van der Waals surface area (Å²) in [4.78, 5) is 4.18. The third kappa shape index (κ3) is 4.87. The lowest BCUT2D eigenvalue weighted by Gasteiger charge is -2.19. The van der Waals surface area contributed by atoms with Crippen molar-refractivity contribution in [2.75, 3.05) is 12.3 Å². The average molecular weight is 283 g/mol. The highest BCUT2D eigenvalue weighted by molar-refractivity contribution is 5.39. The zero-order chi connectivity index (χ0) is 15.1. The molecule has 0 spiro atoms. The normalized spacial score (nSPS) is 12.3. The molecule has 0 aliphatic carbocycles. The second kappa shape index (κ2) is 7.79. The van der Waals surface area contributed by atoms with Gasteiger partial charge in [0.05, 0.1) is 0 Å². The third-order valence-electron chi connectivity index (χ3n) is 3.68. The summed E-state index contributed by atoms with van der Waals surface area (Å²) < 4.78 is 0. The number of benzene rings is 1. The van der Waals surface area contributed by atoms with E-state index >= 15 is 0 Å². The van der Waals surface area contributed by atoms with Crippen molar-refractivity contribution in [3.8, 4) is 0 Å². The van der Waals surface area contributed by atoms with Crippen LogP contribution < -0.4 is 11.1 Å². The van der Waals surface area contributed by atoms with E-state index in [1.165, 1.54) is 11.1 Å². The van der Waals surface area contributed by atoms with Gasteiger partial charge in [-0.05, 0) is 49.9 Å². The van der Waals surface area contributed by atoms with Crippen LogP contribution in [-0.2, 0) is 12.8 Å². The summed E-state index contributed by atoms with van der Waals surface area (Å²) in [5, 5.41) is 3.62. The molecule has 112 valence electrons. The fraction of sp³-hybridized carbons (Fsp3) is 0.389. The summed E-state index contributed by atoms with van der Waals surface area (Å²) in [5.41, 5.74) is 9.75. The maximum Gasteiger partial charge on any atom is 0.126 e. The van der Waals surface area contributed by atoms with Crippen LogP contribution in [0.15, 0.2) is 42.6 Å². The summed E-state index contributed by atoms with van der Waals surface area (Å²) in [7, 11) is 0. The van der Waals surface area contributed by atoms with Crippen LogP contribution in [0.5, 0.6) is 0 Å². The molecule has 0 radical (unpaired) electrons. The van der Waals surface area contributed by atoms with Crippen LogP contribution in [0.1, 0.15) is 30.0 Å². The van der Waals surface area contributed by atoms with Crippen LogP contribution >= 0.6 is 0 Å². The molecule has 0 fully saturated rings. The molecule has 0 amide bonds. The molecule has 2 aromatic rings. The van der Waals surface area contributed by atoms with Gasteiger partial charge in [-0.25, -0.2) is 4.98 Å². The first-order valence-electron chi connectivity index (χ1n) is 7.67.